The molecule has 0 spiro atoms. The van der Waals surface area contributed by atoms with Crippen LogP contribution in [-0.2, 0) is 28.9 Å². The molecular formula is C33H38N6O7. The van der Waals surface area contributed by atoms with Crippen molar-refractivity contribution in [3.05, 3.63) is 64.8 Å². The Kier molecular flexibility index (Phi) is 8.57. The maximum atomic E-state index is 12.9. The van der Waals surface area contributed by atoms with Crippen molar-refractivity contribution in [1.29, 1.82) is 0 Å². The molecule has 0 saturated carbocycles. The molecule has 2 aromatic heterocycles. The molecule has 3 aliphatic rings. The summed E-state index contributed by atoms with van der Waals surface area (Å²) in [4.78, 5) is 53.7. The largest absolute Gasteiger partial charge is 0.497 e. The number of hydrogen-bond donors (Lipinski definition) is 1. The highest BCUT2D eigenvalue weighted by Gasteiger charge is 2.36. The first kappa shape index (κ1) is 30.9. The van der Waals surface area contributed by atoms with Crippen LogP contribution in [0.15, 0.2) is 42.5 Å². The van der Waals surface area contributed by atoms with Gasteiger partial charge in [0.1, 0.15) is 23.5 Å². The summed E-state index contributed by atoms with van der Waals surface area (Å²) in [6.45, 7) is 2.98. The lowest BCUT2D eigenvalue weighted by molar-refractivity contribution is -0.121. The normalized spacial score (nSPS) is 18.5. The SMILES string of the molecule is COc1ccc(CN2C(=O)COc3ccc(N4CC(CCN(CC5Cc6cc(N(C)C)nc(C)c6C5)C(=O)O)OC4=O)nc32)cc1. The van der Waals surface area contributed by atoms with Crippen LogP contribution < -0.4 is 24.2 Å². The molecule has 1 aliphatic carbocycles. The van der Waals surface area contributed by atoms with Gasteiger partial charge in [0.2, 0.25) is 0 Å². The molecule has 1 aromatic carbocycles. The lowest BCUT2D eigenvalue weighted by Gasteiger charge is -2.29. The maximum Gasteiger partial charge on any atom is 0.415 e. The van der Waals surface area contributed by atoms with Crippen LogP contribution in [0.5, 0.6) is 11.5 Å². The van der Waals surface area contributed by atoms with Crippen molar-refractivity contribution in [2.24, 2.45) is 5.92 Å². The Bertz CT molecular complexity index is 1650. The third-order valence-corrected chi connectivity index (χ3v) is 8.72. The van der Waals surface area contributed by atoms with Gasteiger partial charge >= 0.3 is 12.2 Å². The molecule has 3 amide bonds. The molecule has 1 saturated heterocycles. The fraction of sp³-hybridized carbons (Fsp3) is 0.424. The van der Waals surface area contributed by atoms with Crippen molar-refractivity contribution >= 4 is 35.5 Å². The molecule has 1 fully saturated rings. The Morgan fingerprint density at radius 3 is 2.61 bits per heavy atom. The van der Waals surface area contributed by atoms with Crippen molar-refractivity contribution < 1.29 is 33.7 Å². The number of benzene rings is 1. The van der Waals surface area contributed by atoms with Gasteiger partial charge in [0.15, 0.2) is 18.2 Å². The molecule has 13 heteroatoms. The van der Waals surface area contributed by atoms with Gasteiger partial charge in [-0.25, -0.2) is 19.6 Å². The van der Waals surface area contributed by atoms with E-state index in [9.17, 15) is 19.5 Å². The number of ether oxygens (including phenoxy) is 3. The summed E-state index contributed by atoms with van der Waals surface area (Å²) in [6, 6.07) is 12.8. The van der Waals surface area contributed by atoms with E-state index in [1.54, 1.807) is 19.2 Å². The molecule has 242 valence electrons. The number of amides is 3. The van der Waals surface area contributed by atoms with Gasteiger partial charge in [-0.05, 0) is 72.7 Å². The van der Waals surface area contributed by atoms with Crippen LogP contribution in [0.25, 0.3) is 0 Å². The van der Waals surface area contributed by atoms with Crippen molar-refractivity contribution in [2.75, 3.05) is 62.1 Å². The number of pyridine rings is 2. The Balaban J connectivity index is 1.09. The Hall–Kier alpha value is -5.07. The average molecular weight is 631 g/mol. The van der Waals surface area contributed by atoms with Crippen molar-refractivity contribution in [3.8, 4) is 11.5 Å². The fourth-order valence-electron chi connectivity index (χ4n) is 6.27. The molecule has 2 unspecified atom stereocenters. The number of aryl methyl sites for hydroxylation is 1. The van der Waals surface area contributed by atoms with Gasteiger partial charge in [-0.1, -0.05) is 12.1 Å². The van der Waals surface area contributed by atoms with E-state index >= 15 is 0 Å². The molecule has 2 aliphatic heterocycles. The lowest BCUT2D eigenvalue weighted by atomic mass is 10.1. The zero-order valence-electron chi connectivity index (χ0n) is 26.4. The standard InChI is InChI=1S/C33H38N6O7/c1-20-26-14-22(13-23(26)15-29(34-20)36(2)3)16-37(32(41)42)12-11-25-18-38(33(43)46-25)28-10-9-27-31(35-28)39(30(40)19-45-27)17-21-5-7-24(44-4)8-6-21/h5-10,15,22,25H,11-14,16-19H2,1-4H3,(H,41,42). The third kappa shape index (κ3) is 6.35. The Morgan fingerprint density at radius 1 is 1.11 bits per heavy atom. The minimum atomic E-state index is -1.00. The number of nitrogens with zero attached hydrogens (tertiary/aromatic N) is 6. The highest BCUT2D eigenvalue weighted by Crippen LogP contribution is 2.35. The quantitative estimate of drug-likeness (QED) is 0.351. The first-order chi connectivity index (χ1) is 22.1. The first-order valence-electron chi connectivity index (χ1n) is 15.3. The summed E-state index contributed by atoms with van der Waals surface area (Å²) in [5.41, 5.74) is 4.29. The zero-order chi connectivity index (χ0) is 32.5. The highest BCUT2D eigenvalue weighted by atomic mass is 16.6. The number of aromatic nitrogens is 2. The number of carboxylic acid groups (broad SMARTS) is 1. The molecule has 4 heterocycles. The lowest BCUT2D eigenvalue weighted by Crippen LogP contribution is -2.39. The van der Waals surface area contributed by atoms with Gasteiger partial charge in [0.05, 0.1) is 20.2 Å². The van der Waals surface area contributed by atoms with E-state index in [1.165, 1.54) is 25.8 Å². The third-order valence-electron chi connectivity index (χ3n) is 8.72. The second-order valence-corrected chi connectivity index (χ2v) is 12.1. The van der Waals surface area contributed by atoms with Crippen LogP contribution in [0, 0.1) is 12.8 Å². The summed E-state index contributed by atoms with van der Waals surface area (Å²) < 4.78 is 16.5. The molecule has 0 bridgehead atoms. The molecule has 13 nitrogen and oxygen atoms in total. The average Bonchev–Trinajstić information content (AvgIpc) is 3.63. The van der Waals surface area contributed by atoms with E-state index in [4.69, 9.17) is 14.2 Å². The second kappa shape index (κ2) is 12.7. The fourth-order valence-corrected chi connectivity index (χ4v) is 6.27. The Morgan fingerprint density at radius 2 is 1.89 bits per heavy atom. The maximum absolute atomic E-state index is 12.9. The van der Waals surface area contributed by atoms with E-state index in [1.807, 2.05) is 50.2 Å². The number of rotatable bonds is 10. The summed E-state index contributed by atoms with van der Waals surface area (Å²) in [7, 11) is 5.51. The van der Waals surface area contributed by atoms with Crippen molar-refractivity contribution in [1.82, 2.24) is 14.9 Å². The summed E-state index contributed by atoms with van der Waals surface area (Å²) in [5, 5.41) is 10.00. The number of cyclic esters (lactones) is 1. The van der Waals surface area contributed by atoms with Gasteiger partial charge in [-0.15, -0.1) is 0 Å². The van der Waals surface area contributed by atoms with Gasteiger partial charge in [-0.3, -0.25) is 14.6 Å². The highest BCUT2D eigenvalue weighted by molar-refractivity contribution is 5.97. The predicted octanol–water partition coefficient (Wildman–Crippen LogP) is 3.90. The van der Waals surface area contributed by atoms with E-state index < -0.39 is 18.3 Å². The molecule has 1 N–H and O–H groups in total. The van der Waals surface area contributed by atoms with Crippen LogP contribution in [0.1, 0.15) is 28.8 Å². The second-order valence-electron chi connectivity index (χ2n) is 12.1. The van der Waals surface area contributed by atoms with Gasteiger partial charge in [-0.2, -0.15) is 0 Å². The van der Waals surface area contributed by atoms with Gasteiger partial charge in [0.25, 0.3) is 5.91 Å². The molecular weight excluding hydrogens is 592 g/mol. The number of carbonyl (C=O) groups excluding carboxylic acids is 2. The topological polar surface area (TPSA) is 138 Å². The van der Waals surface area contributed by atoms with E-state index in [0.717, 1.165) is 29.9 Å². The predicted molar refractivity (Wildman–Crippen MR) is 170 cm³/mol. The number of methoxy groups -OCH3 is 1. The van der Waals surface area contributed by atoms with Crippen LogP contribution >= 0.6 is 0 Å². The minimum Gasteiger partial charge on any atom is -0.497 e. The summed E-state index contributed by atoms with van der Waals surface area (Å²) in [6.07, 6.45) is -0.176. The van der Waals surface area contributed by atoms with Crippen LogP contribution in [-0.4, -0.2) is 91.6 Å². The minimum absolute atomic E-state index is 0.112. The smallest absolute Gasteiger partial charge is 0.415 e. The molecule has 46 heavy (non-hydrogen) atoms. The monoisotopic (exact) mass is 630 g/mol. The molecule has 0 radical (unpaired) electrons. The van der Waals surface area contributed by atoms with Gasteiger partial charge < -0.3 is 29.1 Å². The van der Waals surface area contributed by atoms with E-state index in [-0.39, 0.29) is 38.1 Å². The zero-order valence-corrected chi connectivity index (χ0v) is 26.4. The number of carbonyl (C=O) groups is 3. The summed E-state index contributed by atoms with van der Waals surface area (Å²) in [5.74, 6) is 2.59. The molecule has 2 atom stereocenters. The van der Waals surface area contributed by atoms with Crippen molar-refractivity contribution in [2.45, 2.75) is 38.8 Å². The van der Waals surface area contributed by atoms with Gasteiger partial charge in [0, 0.05) is 39.3 Å². The molecule has 3 aromatic rings. The van der Waals surface area contributed by atoms with Crippen LogP contribution in [0.3, 0.4) is 0 Å². The Labute approximate surface area is 267 Å². The molecule has 6 rings (SSSR count). The van der Waals surface area contributed by atoms with Crippen molar-refractivity contribution in [3.63, 3.8) is 0 Å². The van der Waals surface area contributed by atoms with Crippen LogP contribution in [0.4, 0.5) is 27.0 Å². The van der Waals surface area contributed by atoms with E-state index in [0.29, 0.717) is 36.1 Å². The van der Waals surface area contributed by atoms with Crippen LogP contribution in [0.2, 0.25) is 0 Å². The summed E-state index contributed by atoms with van der Waals surface area (Å²) >= 11 is 0. The van der Waals surface area contributed by atoms with E-state index in [2.05, 4.69) is 16.0 Å². The number of fused-ring (bicyclic) bond motifs is 2. The first-order valence-corrected chi connectivity index (χ1v) is 15.3. The number of anilines is 3. The number of hydrogen-bond acceptors (Lipinski definition) is 9.